The fourth-order valence-electron chi connectivity index (χ4n) is 4.20. The predicted octanol–water partition coefficient (Wildman–Crippen LogP) is 5.57. The van der Waals surface area contributed by atoms with Gasteiger partial charge in [-0.05, 0) is 48.9 Å². The van der Waals surface area contributed by atoms with Gasteiger partial charge in [-0.1, -0.05) is 53.6 Å². The van der Waals surface area contributed by atoms with Crippen molar-refractivity contribution in [3.05, 3.63) is 94.8 Å². The zero-order valence-corrected chi connectivity index (χ0v) is 17.5. The summed E-state index contributed by atoms with van der Waals surface area (Å²) in [5.41, 5.74) is 5.34. The van der Waals surface area contributed by atoms with Crippen molar-refractivity contribution in [1.82, 2.24) is 9.55 Å². The first-order valence-electron chi connectivity index (χ1n) is 10.1. The van der Waals surface area contributed by atoms with Crippen LogP contribution in [0, 0.1) is 6.92 Å². The number of para-hydroxylation sites is 2. The maximum atomic E-state index is 12.8. The van der Waals surface area contributed by atoms with Crippen LogP contribution in [0.3, 0.4) is 0 Å². The van der Waals surface area contributed by atoms with Gasteiger partial charge in [-0.15, -0.1) is 0 Å². The summed E-state index contributed by atoms with van der Waals surface area (Å²) in [4.78, 5) is 19.7. The average molecular weight is 416 g/mol. The van der Waals surface area contributed by atoms with Gasteiger partial charge in [0.25, 0.3) is 0 Å². The molecular formula is C25H22ClN3O. The van der Waals surface area contributed by atoms with E-state index in [9.17, 15) is 4.79 Å². The lowest BCUT2D eigenvalue weighted by molar-refractivity contribution is -0.117. The third-order valence-electron chi connectivity index (χ3n) is 5.77. The van der Waals surface area contributed by atoms with Crippen molar-refractivity contribution in [2.24, 2.45) is 0 Å². The van der Waals surface area contributed by atoms with Crippen molar-refractivity contribution in [2.75, 3.05) is 11.4 Å². The molecule has 4 nitrogen and oxygen atoms in total. The third-order valence-corrected chi connectivity index (χ3v) is 6.03. The lowest BCUT2D eigenvalue weighted by Gasteiger charge is -2.18. The number of hydrogen-bond acceptors (Lipinski definition) is 2. The van der Waals surface area contributed by atoms with Crippen LogP contribution in [0.2, 0.25) is 5.02 Å². The second-order valence-corrected chi connectivity index (χ2v) is 8.35. The molecule has 1 fully saturated rings. The van der Waals surface area contributed by atoms with Crippen molar-refractivity contribution >= 4 is 34.2 Å². The molecule has 0 aliphatic carbocycles. The van der Waals surface area contributed by atoms with E-state index in [1.807, 2.05) is 71.6 Å². The summed E-state index contributed by atoms with van der Waals surface area (Å²) in [5.74, 6) is 1.17. The number of fused-ring (bicyclic) bond motifs is 1. The topological polar surface area (TPSA) is 38.1 Å². The van der Waals surface area contributed by atoms with Crippen molar-refractivity contribution in [1.29, 1.82) is 0 Å². The van der Waals surface area contributed by atoms with Crippen molar-refractivity contribution < 1.29 is 4.79 Å². The number of carbonyl (C=O) groups is 1. The van der Waals surface area contributed by atoms with Crippen molar-refractivity contribution in [3.8, 4) is 0 Å². The molecule has 1 amide bonds. The molecule has 0 saturated carbocycles. The van der Waals surface area contributed by atoms with E-state index >= 15 is 0 Å². The van der Waals surface area contributed by atoms with Crippen LogP contribution in [-0.4, -0.2) is 22.0 Å². The van der Waals surface area contributed by atoms with Crippen molar-refractivity contribution in [3.63, 3.8) is 0 Å². The number of imidazole rings is 1. The van der Waals surface area contributed by atoms with Crippen LogP contribution in [0.5, 0.6) is 0 Å². The average Bonchev–Trinajstić information content (AvgIpc) is 3.31. The minimum absolute atomic E-state index is 0.0542. The monoisotopic (exact) mass is 415 g/mol. The van der Waals surface area contributed by atoms with E-state index in [1.165, 1.54) is 5.56 Å². The minimum Gasteiger partial charge on any atom is -0.323 e. The Kier molecular flexibility index (Phi) is 4.80. The lowest BCUT2D eigenvalue weighted by Crippen LogP contribution is -2.24. The van der Waals surface area contributed by atoms with Crippen LogP contribution in [-0.2, 0) is 11.3 Å². The Hall–Kier alpha value is -3.11. The Bertz CT molecular complexity index is 1210. The highest BCUT2D eigenvalue weighted by Crippen LogP contribution is 2.33. The molecule has 4 aromatic rings. The third kappa shape index (κ3) is 3.48. The second-order valence-electron chi connectivity index (χ2n) is 7.91. The quantitative estimate of drug-likeness (QED) is 0.437. The van der Waals surface area contributed by atoms with Gasteiger partial charge < -0.3 is 9.47 Å². The lowest BCUT2D eigenvalue weighted by atomic mass is 10.1. The molecule has 150 valence electrons. The number of aromatic nitrogens is 2. The summed E-state index contributed by atoms with van der Waals surface area (Å²) < 4.78 is 2.25. The Labute approximate surface area is 180 Å². The number of carbonyl (C=O) groups excluding carboxylic acids is 1. The van der Waals surface area contributed by atoms with Crippen LogP contribution in [0.15, 0.2) is 72.8 Å². The molecule has 1 aliphatic rings. The molecule has 1 saturated heterocycles. The highest BCUT2D eigenvalue weighted by Gasteiger charge is 2.34. The molecule has 2 heterocycles. The molecule has 5 rings (SSSR count). The van der Waals surface area contributed by atoms with E-state index in [4.69, 9.17) is 16.6 Å². The molecule has 0 spiro atoms. The van der Waals surface area contributed by atoms with Crippen LogP contribution < -0.4 is 4.90 Å². The van der Waals surface area contributed by atoms with E-state index in [0.717, 1.165) is 33.1 Å². The molecule has 0 radical (unpaired) electrons. The normalized spacial score (nSPS) is 16.5. The first-order chi connectivity index (χ1) is 14.6. The summed E-state index contributed by atoms with van der Waals surface area (Å²) in [6, 6.07) is 24.2. The number of aryl methyl sites for hydroxylation is 1. The molecular weight excluding hydrogens is 394 g/mol. The molecule has 30 heavy (non-hydrogen) atoms. The molecule has 0 bridgehead atoms. The van der Waals surface area contributed by atoms with Crippen LogP contribution in [0.1, 0.15) is 29.3 Å². The second kappa shape index (κ2) is 7.62. The van der Waals surface area contributed by atoms with Crippen LogP contribution in [0.25, 0.3) is 11.0 Å². The maximum Gasteiger partial charge on any atom is 0.227 e. The Morgan fingerprint density at radius 2 is 1.73 bits per heavy atom. The van der Waals surface area contributed by atoms with Gasteiger partial charge in [0.2, 0.25) is 5.91 Å². The standard InChI is InChI=1S/C25H22ClN3O/c1-17-6-12-21(13-7-17)28-16-19(14-24(28)30)25-27-22-4-2-3-5-23(22)29(25)15-18-8-10-20(26)11-9-18/h2-13,19H,14-16H2,1H3. The van der Waals surface area contributed by atoms with Gasteiger partial charge >= 0.3 is 0 Å². The molecule has 0 N–H and O–H groups in total. The smallest absolute Gasteiger partial charge is 0.227 e. The molecule has 1 atom stereocenters. The number of hydrogen-bond donors (Lipinski definition) is 0. The molecule has 5 heteroatoms. The Morgan fingerprint density at radius 3 is 2.50 bits per heavy atom. The minimum atomic E-state index is 0.0542. The van der Waals surface area contributed by atoms with Gasteiger partial charge in [0.05, 0.1) is 11.0 Å². The van der Waals surface area contributed by atoms with Gasteiger partial charge in [0.15, 0.2) is 0 Å². The van der Waals surface area contributed by atoms with E-state index < -0.39 is 0 Å². The number of amides is 1. The molecule has 1 aliphatic heterocycles. The summed E-state index contributed by atoms with van der Waals surface area (Å²) in [6.07, 6.45) is 0.470. The number of nitrogens with zero attached hydrogens (tertiary/aromatic N) is 3. The molecule has 1 unspecified atom stereocenters. The number of anilines is 1. The molecule has 3 aromatic carbocycles. The Balaban J connectivity index is 1.51. The highest BCUT2D eigenvalue weighted by molar-refractivity contribution is 6.30. The molecule has 1 aromatic heterocycles. The van der Waals surface area contributed by atoms with E-state index in [2.05, 4.69) is 17.6 Å². The van der Waals surface area contributed by atoms with Gasteiger partial charge in [-0.25, -0.2) is 4.98 Å². The zero-order valence-electron chi connectivity index (χ0n) is 16.8. The number of halogens is 1. The van der Waals surface area contributed by atoms with E-state index in [-0.39, 0.29) is 11.8 Å². The van der Waals surface area contributed by atoms with Gasteiger partial charge in [0, 0.05) is 36.1 Å². The summed E-state index contributed by atoms with van der Waals surface area (Å²) in [6.45, 7) is 3.39. The summed E-state index contributed by atoms with van der Waals surface area (Å²) in [5, 5.41) is 0.726. The maximum absolute atomic E-state index is 12.8. The van der Waals surface area contributed by atoms with Gasteiger partial charge in [-0.2, -0.15) is 0 Å². The van der Waals surface area contributed by atoms with Crippen molar-refractivity contribution in [2.45, 2.75) is 25.8 Å². The highest BCUT2D eigenvalue weighted by atomic mass is 35.5. The number of benzene rings is 3. The first-order valence-corrected chi connectivity index (χ1v) is 10.5. The van der Waals surface area contributed by atoms with Crippen LogP contribution in [0.4, 0.5) is 5.69 Å². The first kappa shape index (κ1) is 18.9. The summed E-state index contributed by atoms with van der Waals surface area (Å²) >= 11 is 6.06. The van der Waals surface area contributed by atoms with Gasteiger partial charge in [-0.3, -0.25) is 4.79 Å². The van der Waals surface area contributed by atoms with E-state index in [1.54, 1.807) is 0 Å². The predicted molar refractivity (Wildman–Crippen MR) is 121 cm³/mol. The fraction of sp³-hybridized carbons (Fsp3) is 0.200. The summed E-state index contributed by atoms with van der Waals surface area (Å²) in [7, 11) is 0. The van der Waals surface area contributed by atoms with E-state index in [0.29, 0.717) is 19.5 Å². The fourth-order valence-corrected chi connectivity index (χ4v) is 4.33. The SMILES string of the molecule is Cc1ccc(N2CC(c3nc4ccccc4n3Cc3ccc(Cl)cc3)CC2=O)cc1. The van der Waals surface area contributed by atoms with Gasteiger partial charge in [0.1, 0.15) is 5.82 Å². The van der Waals surface area contributed by atoms with Crippen LogP contribution >= 0.6 is 11.6 Å². The largest absolute Gasteiger partial charge is 0.323 e. The number of rotatable bonds is 4. The zero-order chi connectivity index (χ0) is 20.7. The Morgan fingerprint density at radius 1 is 1.00 bits per heavy atom.